The van der Waals surface area contributed by atoms with Crippen LogP contribution in [0.4, 0.5) is 0 Å². The zero-order chi connectivity index (χ0) is 10.8. The minimum Gasteiger partial charge on any atom is -0.387 e. The maximum Gasteiger partial charge on any atom is 0.107 e. The Hall–Kier alpha value is -1.33. The Morgan fingerprint density at radius 1 is 1.60 bits per heavy atom. The van der Waals surface area contributed by atoms with Crippen LogP contribution in [0.2, 0.25) is 0 Å². The third-order valence-corrected chi connectivity index (χ3v) is 2.81. The van der Waals surface area contributed by atoms with E-state index >= 15 is 0 Å². The van der Waals surface area contributed by atoms with E-state index in [1.54, 1.807) is 0 Å². The van der Waals surface area contributed by atoms with E-state index in [0.29, 0.717) is 12.5 Å². The lowest BCUT2D eigenvalue weighted by Gasteiger charge is -2.35. The van der Waals surface area contributed by atoms with Crippen molar-refractivity contribution >= 4 is 5.84 Å². The molecule has 2 aliphatic heterocycles. The summed E-state index contributed by atoms with van der Waals surface area (Å²) in [4.78, 5) is 6.32. The molecule has 0 aliphatic carbocycles. The first-order valence-corrected chi connectivity index (χ1v) is 5.07. The molecule has 2 atom stereocenters. The quantitative estimate of drug-likeness (QED) is 0.525. The van der Waals surface area contributed by atoms with Gasteiger partial charge in [0.1, 0.15) is 5.84 Å². The van der Waals surface area contributed by atoms with E-state index in [0.717, 1.165) is 12.2 Å². The van der Waals surface area contributed by atoms with Crippen LogP contribution in [0.5, 0.6) is 0 Å². The summed E-state index contributed by atoms with van der Waals surface area (Å²) in [7, 11) is 2.03. The Labute approximate surface area is 89.5 Å². The van der Waals surface area contributed by atoms with Gasteiger partial charge in [0.25, 0.3) is 0 Å². The largest absolute Gasteiger partial charge is 0.387 e. The van der Waals surface area contributed by atoms with E-state index in [9.17, 15) is 0 Å². The molecular formula is C10H17N5. The highest BCUT2D eigenvalue weighted by molar-refractivity contribution is 5.86. The molecule has 2 aliphatic rings. The number of allylic oxidation sites excluding steroid dienone is 2. The zero-order valence-corrected chi connectivity index (χ0v) is 8.85. The van der Waals surface area contributed by atoms with E-state index < -0.39 is 0 Å². The fourth-order valence-corrected chi connectivity index (χ4v) is 1.94. The average molecular weight is 207 g/mol. The van der Waals surface area contributed by atoms with Crippen LogP contribution in [0.15, 0.2) is 28.9 Å². The average Bonchev–Trinajstić information content (AvgIpc) is 2.20. The van der Waals surface area contributed by atoms with E-state index in [4.69, 9.17) is 11.5 Å². The van der Waals surface area contributed by atoms with Gasteiger partial charge in [0, 0.05) is 19.3 Å². The molecule has 0 spiro atoms. The standard InChI is InChI=1S/C10H17N5/c1-15-5-3-2-4-7(15)8-9(11)13-6-14-10(8)12/h2-4,8-9,13H,5-6,11H2,1H3,(H2,12,14). The van der Waals surface area contributed by atoms with Crippen LogP contribution >= 0.6 is 0 Å². The molecule has 5 heteroatoms. The third kappa shape index (κ3) is 1.88. The van der Waals surface area contributed by atoms with Crippen LogP contribution in [0.25, 0.3) is 0 Å². The molecule has 2 rings (SSSR count). The lowest BCUT2D eigenvalue weighted by molar-refractivity contribution is 0.357. The molecule has 5 nitrogen and oxygen atoms in total. The van der Waals surface area contributed by atoms with E-state index in [2.05, 4.69) is 21.3 Å². The maximum atomic E-state index is 6.00. The van der Waals surface area contributed by atoms with Gasteiger partial charge in [-0.2, -0.15) is 0 Å². The topological polar surface area (TPSA) is 79.7 Å². The van der Waals surface area contributed by atoms with Gasteiger partial charge in [0.15, 0.2) is 0 Å². The monoisotopic (exact) mass is 207 g/mol. The molecule has 0 radical (unpaired) electrons. The summed E-state index contributed by atoms with van der Waals surface area (Å²) in [6.07, 6.45) is 6.02. The molecule has 0 saturated carbocycles. The molecule has 15 heavy (non-hydrogen) atoms. The Bertz CT molecular complexity index is 331. The minimum absolute atomic E-state index is 0.0197. The summed E-state index contributed by atoms with van der Waals surface area (Å²) in [5.41, 5.74) is 13.0. The molecule has 82 valence electrons. The van der Waals surface area contributed by atoms with Gasteiger partial charge >= 0.3 is 0 Å². The van der Waals surface area contributed by atoms with Gasteiger partial charge in [-0.1, -0.05) is 12.2 Å². The lowest BCUT2D eigenvalue weighted by atomic mass is 9.96. The van der Waals surface area contributed by atoms with Crippen molar-refractivity contribution in [1.29, 1.82) is 0 Å². The van der Waals surface area contributed by atoms with Crippen LogP contribution in [-0.2, 0) is 0 Å². The van der Waals surface area contributed by atoms with Crippen LogP contribution in [-0.4, -0.2) is 37.2 Å². The molecule has 0 aromatic carbocycles. The molecule has 2 unspecified atom stereocenters. The first-order chi connectivity index (χ1) is 7.20. The van der Waals surface area contributed by atoms with Crippen molar-refractivity contribution in [2.45, 2.75) is 6.17 Å². The molecule has 0 saturated heterocycles. The van der Waals surface area contributed by atoms with E-state index in [-0.39, 0.29) is 12.1 Å². The number of hydrogen-bond donors (Lipinski definition) is 3. The first kappa shape index (κ1) is 10.2. The summed E-state index contributed by atoms with van der Waals surface area (Å²) < 4.78 is 0. The van der Waals surface area contributed by atoms with Crippen molar-refractivity contribution in [1.82, 2.24) is 10.2 Å². The summed E-state index contributed by atoms with van der Waals surface area (Å²) in [5, 5.41) is 3.10. The summed E-state index contributed by atoms with van der Waals surface area (Å²) in [6, 6.07) is 0. The van der Waals surface area contributed by atoms with Crippen molar-refractivity contribution < 1.29 is 0 Å². The fraction of sp³-hybridized carbons (Fsp3) is 0.500. The predicted octanol–water partition coefficient (Wildman–Crippen LogP) is -0.809. The molecule has 0 fully saturated rings. The highest BCUT2D eigenvalue weighted by Crippen LogP contribution is 2.21. The van der Waals surface area contributed by atoms with Gasteiger partial charge in [-0.25, -0.2) is 0 Å². The normalized spacial score (nSPS) is 31.2. The van der Waals surface area contributed by atoms with Gasteiger partial charge in [-0.15, -0.1) is 0 Å². The highest BCUT2D eigenvalue weighted by atomic mass is 15.2. The number of nitrogens with two attached hydrogens (primary N) is 2. The van der Waals surface area contributed by atoms with Crippen LogP contribution < -0.4 is 16.8 Å². The number of rotatable bonds is 1. The van der Waals surface area contributed by atoms with Gasteiger partial charge in [0.05, 0.1) is 18.8 Å². The smallest absolute Gasteiger partial charge is 0.107 e. The predicted molar refractivity (Wildman–Crippen MR) is 60.9 cm³/mol. The molecule has 0 aromatic rings. The van der Waals surface area contributed by atoms with Crippen LogP contribution in [0.1, 0.15) is 0 Å². The van der Waals surface area contributed by atoms with Gasteiger partial charge < -0.3 is 16.4 Å². The first-order valence-electron chi connectivity index (χ1n) is 5.07. The number of likely N-dealkylation sites (N-methyl/N-ethyl adjacent to an activating group) is 1. The van der Waals surface area contributed by atoms with Crippen molar-refractivity contribution in [2.75, 3.05) is 20.3 Å². The summed E-state index contributed by atoms with van der Waals surface area (Å²) >= 11 is 0. The van der Waals surface area contributed by atoms with E-state index in [1.165, 1.54) is 0 Å². The molecule has 0 bridgehead atoms. The second-order valence-corrected chi connectivity index (χ2v) is 3.85. The van der Waals surface area contributed by atoms with Crippen molar-refractivity contribution in [3.8, 4) is 0 Å². The molecule has 2 heterocycles. The number of nitrogens with one attached hydrogen (secondary N) is 1. The number of hydrogen-bond acceptors (Lipinski definition) is 5. The highest BCUT2D eigenvalue weighted by Gasteiger charge is 2.30. The summed E-state index contributed by atoms with van der Waals surface area (Å²) in [5.74, 6) is 0.600. The zero-order valence-electron chi connectivity index (χ0n) is 8.85. The lowest BCUT2D eigenvalue weighted by Crippen LogP contribution is -2.55. The van der Waals surface area contributed by atoms with Crippen molar-refractivity contribution in [3.63, 3.8) is 0 Å². The Morgan fingerprint density at radius 3 is 3.07 bits per heavy atom. The number of aliphatic imine (C=N–C) groups is 1. The Kier molecular flexibility index (Phi) is 2.75. The van der Waals surface area contributed by atoms with Crippen molar-refractivity contribution in [2.24, 2.45) is 22.4 Å². The fourth-order valence-electron chi connectivity index (χ4n) is 1.94. The molecular weight excluding hydrogens is 190 g/mol. The van der Waals surface area contributed by atoms with Gasteiger partial charge in [-0.05, 0) is 6.08 Å². The minimum atomic E-state index is -0.150. The van der Waals surface area contributed by atoms with Crippen molar-refractivity contribution in [3.05, 3.63) is 23.9 Å². The number of nitrogens with zero attached hydrogens (tertiary/aromatic N) is 2. The number of amidine groups is 1. The SMILES string of the molecule is CN1CC=CC=C1C1C(N)=NCNC1N. The second-order valence-electron chi connectivity index (χ2n) is 3.85. The van der Waals surface area contributed by atoms with E-state index in [1.807, 2.05) is 19.2 Å². The Balaban J connectivity index is 2.28. The molecule has 5 N–H and O–H groups in total. The Morgan fingerprint density at radius 2 is 2.40 bits per heavy atom. The molecule has 0 amide bonds. The van der Waals surface area contributed by atoms with Crippen LogP contribution in [0.3, 0.4) is 0 Å². The second kappa shape index (κ2) is 4.04. The van der Waals surface area contributed by atoms with Crippen LogP contribution in [0, 0.1) is 5.92 Å². The maximum absolute atomic E-state index is 6.00. The molecule has 0 aromatic heterocycles. The third-order valence-electron chi connectivity index (χ3n) is 2.81. The van der Waals surface area contributed by atoms with Gasteiger partial charge in [0.2, 0.25) is 0 Å². The summed E-state index contributed by atoms with van der Waals surface area (Å²) in [6.45, 7) is 1.40. The van der Waals surface area contributed by atoms with Gasteiger partial charge in [-0.3, -0.25) is 10.3 Å².